The van der Waals surface area contributed by atoms with E-state index in [1.165, 1.54) is 22.3 Å². The van der Waals surface area contributed by atoms with Gasteiger partial charge in [-0.2, -0.15) is 0 Å². The SMILES string of the molecule is CC(C)c1cccc2c1[O][Al]([O]c1c(C(C)C)cccc1C(C)C)[CH2]C2. The van der Waals surface area contributed by atoms with Crippen LogP contribution in [0, 0.1) is 0 Å². The molecule has 0 saturated carbocycles. The maximum atomic E-state index is 6.65. The molecule has 0 spiro atoms. The molecule has 138 valence electrons. The van der Waals surface area contributed by atoms with Crippen LogP contribution in [-0.4, -0.2) is 14.8 Å². The lowest BCUT2D eigenvalue weighted by molar-refractivity contribution is 0.396. The molecule has 1 heterocycles. The summed E-state index contributed by atoms with van der Waals surface area (Å²) in [6.07, 6.45) is 1.06. The Kier molecular flexibility index (Phi) is 6.00. The molecule has 1 aliphatic heterocycles. The molecule has 2 nitrogen and oxygen atoms in total. The van der Waals surface area contributed by atoms with Crippen LogP contribution in [0.5, 0.6) is 11.5 Å². The highest BCUT2D eigenvalue weighted by Crippen LogP contribution is 2.38. The summed E-state index contributed by atoms with van der Waals surface area (Å²) >= 11 is -1.80. The van der Waals surface area contributed by atoms with E-state index in [9.17, 15) is 0 Å². The van der Waals surface area contributed by atoms with Crippen molar-refractivity contribution >= 4 is 14.8 Å². The van der Waals surface area contributed by atoms with Crippen LogP contribution >= 0.6 is 0 Å². The van der Waals surface area contributed by atoms with E-state index in [0.717, 1.165) is 23.2 Å². The van der Waals surface area contributed by atoms with Crippen molar-refractivity contribution in [2.45, 2.75) is 71.0 Å². The van der Waals surface area contributed by atoms with Gasteiger partial charge < -0.3 is 7.58 Å². The van der Waals surface area contributed by atoms with Gasteiger partial charge in [-0.25, -0.2) is 0 Å². The topological polar surface area (TPSA) is 18.5 Å². The molecular formula is C23H31AlO2. The fourth-order valence-electron chi connectivity index (χ4n) is 3.70. The fourth-order valence-corrected chi connectivity index (χ4v) is 5.61. The van der Waals surface area contributed by atoms with Crippen LogP contribution in [0.25, 0.3) is 0 Å². The number of para-hydroxylation sites is 2. The summed E-state index contributed by atoms with van der Waals surface area (Å²) in [5, 5.41) is 1.03. The van der Waals surface area contributed by atoms with Crippen LogP contribution in [0.4, 0.5) is 0 Å². The van der Waals surface area contributed by atoms with E-state index in [2.05, 4.69) is 77.9 Å². The van der Waals surface area contributed by atoms with Crippen molar-refractivity contribution in [2.75, 3.05) is 0 Å². The van der Waals surface area contributed by atoms with E-state index in [1.54, 1.807) is 0 Å². The summed E-state index contributed by atoms with van der Waals surface area (Å²) in [6, 6.07) is 13.1. The predicted molar refractivity (Wildman–Crippen MR) is 111 cm³/mol. The van der Waals surface area contributed by atoms with E-state index in [4.69, 9.17) is 7.58 Å². The lowest BCUT2D eigenvalue weighted by atomic mass is 9.94. The van der Waals surface area contributed by atoms with E-state index >= 15 is 0 Å². The zero-order valence-electron chi connectivity index (χ0n) is 17.0. The van der Waals surface area contributed by atoms with Gasteiger partial charge >= 0.3 is 14.8 Å². The van der Waals surface area contributed by atoms with Gasteiger partial charge in [-0.05, 0) is 51.7 Å². The van der Waals surface area contributed by atoms with Crippen molar-refractivity contribution in [3.63, 3.8) is 0 Å². The van der Waals surface area contributed by atoms with Gasteiger partial charge in [0.25, 0.3) is 0 Å². The monoisotopic (exact) mass is 366 g/mol. The molecule has 0 N–H and O–H groups in total. The Balaban J connectivity index is 1.92. The number of hydrogen-bond donors (Lipinski definition) is 0. The third-order valence-corrected chi connectivity index (χ3v) is 6.97. The molecule has 0 fully saturated rings. The Bertz CT molecular complexity index is 739. The molecule has 0 aliphatic carbocycles. The summed E-state index contributed by atoms with van der Waals surface area (Å²) in [4.78, 5) is 0. The van der Waals surface area contributed by atoms with Crippen LogP contribution in [0.1, 0.15) is 81.5 Å². The van der Waals surface area contributed by atoms with Crippen LogP contribution in [0.15, 0.2) is 36.4 Å². The van der Waals surface area contributed by atoms with Crippen LogP contribution in [-0.2, 0) is 6.42 Å². The first-order valence-corrected chi connectivity index (χ1v) is 11.7. The average molecular weight is 366 g/mol. The van der Waals surface area contributed by atoms with Gasteiger partial charge in [0.05, 0.1) is 11.5 Å². The molecule has 3 heteroatoms. The fraction of sp³-hybridized carbons (Fsp3) is 0.478. The van der Waals surface area contributed by atoms with Crippen molar-refractivity contribution in [3.05, 3.63) is 58.7 Å². The third-order valence-electron chi connectivity index (χ3n) is 5.22. The number of benzene rings is 2. The molecule has 0 unspecified atom stereocenters. The Hall–Kier alpha value is -1.43. The first-order chi connectivity index (χ1) is 12.4. The molecule has 3 rings (SSSR count). The van der Waals surface area contributed by atoms with Gasteiger partial charge in [0.15, 0.2) is 0 Å². The molecule has 26 heavy (non-hydrogen) atoms. The van der Waals surface area contributed by atoms with Crippen LogP contribution < -0.4 is 7.58 Å². The lowest BCUT2D eigenvalue weighted by Crippen LogP contribution is -2.35. The predicted octanol–water partition coefficient (Wildman–Crippen LogP) is 6.56. The summed E-state index contributed by atoms with van der Waals surface area (Å²) in [6.45, 7) is 13.4. The highest BCUT2D eigenvalue weighted by Gasteiger charge is 2.38. The molecule has 0 amide bonds. The van der Waals surface area contributed by atoms with Gasteiger partial charge in [0, 0.05) is 0 Å². The van der Waals surface area contributed by atoms with Crippen molar-refractivity contribution in [1.82, 2.24) is 0 Å². The summed E-state index contributed by atoms with van der Waals surface area (Å²) in [5.74, 6) is 3.53. The van der Waals surface area contributed by atoms with E-state index in [0.29, 0.717) is 17.8 Å². The zero-order chi connectivity index (χ0) is 18.8. The lowest BCUT2D eigenvalue weighted by Gasteiger charge is -2.29. The minimum Gasteiger partial charge on any atom is -0.611 e. The summed E-state index contributed by atoms with van der Waals surface area (Å²) in [7, 11) is 0. The van der Waals surface area contributed by atoms with Crippen LogP contribution in [0.3, 0.4) is 0 Å². The quantitative estimate of drug-likeness (QED) is 0.558. The second-order valence-electron chi connectivity index (χ2n) is 8.27. The average Bonchev–Trinajstić information content (AvgIpc) is 2.60. The minimum atomic E-state index is -1.80. The van der Waals surface area contributed by atoms with Crippen molar-refractivity contribution in [2.24, 2.45) is 0 Å². The number of fused-ring (bicyclic) bond motifs is 1. The van der Waals surface area contributed by atoms with Gasteiger partial charge in [-0.3, -0.25) is 0 Å². The van der Waals surface area contributed by atoms with E-state index in [-0.39, 0.29) is 0 Å². The van der Waals surface area contributed by atoms with E-state index < -0.39 is 14.8 Å². The van der Waals surface area contributed by atoms with Gasteiger partial charge in [0.1, 0.15) is 0 Å². The Labute approximate surface area is 163 Å². The second-order valence-corrected chi connectivity index (χ2v) is 10.2. The van der Waals surface area contributed by atoms with Gasteiger partial charge in [0.2, 0.25) is 0 Å². The zero-order valence-corrected chi connectivity index (χ0v) is 18.2. The molecule has 0 radical (unpaired) electrons. The highest BCUT2D eigenvalue weighted by molar-refractivity contribution is 6.46. The molecular weight excluding hydrogens is 335 g/mol. The Morgan fingerprint density at radius 2 is 1.35 bits per heavy atom. The second kappa shape index (κ2) is 8.07. The molecule has 1 aliphatic rings. The molecule has 0 bridgehead atoms. The smallest absolute Gasteiger partial charge is 0.611 e. The largest absolute Gasteiger partial charge is 0.857 e. The molecule has 2 aromatic carbocycles. The number of aryl methyl sites for hydroxylation is 1. The first kappa shape index (κ1) is 19.3. The Morgan fingerprint density at radius 3 is 1.92 bits per heavy atom. The summed E-state index contributed by atoms with van der Waals surface area (Å²) in [5.41, 5.74) is 5.25. The number of hydrogen-bond acceptors (Lipinski definition) is 2. The van der Waals surface area contributed by atoms with Crippen LogP contribution in [0.2, 0.25) is 5.28 Å². The number of rotatable bonds is 5. The van der Waals surface area contributed by atoms with Crippen molar-refractivity contribution < 1.29 is 7.58 Å². The maximum Gasteiger partial charge on any atom is 0.857 e. The van der Waals surface area contributed by atoms with Crippen molar-refractivity contribution in [1.29, 1.82) is 0 Å². The van der Waals surface area contributed by atoms with E-state index in [1.807, 2.05) is 0 Å². The van der Waals surface area contributed by atoms with Crippen molar-refractivity contribution in [3.8, 4) is 11.5 Å². The molecule has 0 saturated heterocycles. The first-order valence-electron chi connectivity index (χ1n) is 9.96. The molecule has 0 atom stereocenters. The maximum absolute atomic E-state index is 6.65. The highest BCUT2D eigenvalue weighted by atomic mass is 27.2. The Morgan fingerprint density at radius 1 is 0.808 bits per heavy atom. The molecule has 2 aromatic rings. The van der Waals surface area contributed by atoms with Gasteiger partial charge in [-0.15, -0.1) is 0 Å². The summed E-state index contributed by atoms with van der Waals surface area (Å²) < 4.78 is 13.2. The standard InChI is InChI=1S/C12H18O.C11H15O.Al/c1-8(2)10-6-5-7-11(9(3)4)12(10)13;1-4-9-6-5-7-10(8(2)3)11(9)12;/h5-9,13H,1-4H3;5-8,12H,1,4H2,2-3H3;/q;;+2/p-2. The molecule has 0 aromatic heterocycles. The minimum absolute atomic E-state index is 0.444. The van der Waals surface area contributed by atoms with Gasteiger partial charge in [-0.1, -0.05) is 77.9 Å². The third kappa shape index (κ3) is 3.95. The normalized spacial score (nSPS) is 14.0.